The first-order chi connectivity index (χ1) is 8.04. The summed E-state index contributed by atoms with van der Waals surface area (Å²) >= 11 is 1.06. The zero-order valence-electron chi connectivity index (χ0n) is 9.28. The largest absolute Gasteiger partial charge is 0.433 e. The van der Waals surface area contributed by atoms with Gasteiger partial charge < -0.3 is 15.8 Å². The van der Waals surface area contributed by atoms with Crippen molar-refractivity contribution in [2.45, 2.75) is 13.5 Å². The summed E-state index contributed by atoms with van der Waals surface area (Å²) in [5.41, 5.74) is 5.40. The molecule has 1 atom stereocenters. The molecule has 0 radical (unpaired) electrons. The number of nitrogens with two attached hydrogens (primary N) is 1. The number of hydrogen-bond acceptors (Lipinski definition) is 4. The highest BCUT2D eigenvalue weighted by molar-refractivity contribution is 7.12. The van der Waals surface area contributed by atoms with Gasteiger partial charge in [-0.2, -0.15) is 8.78 Å². The first-order valence-corrected chi connectivity index (χ1v) is 5.93. The Morgan fingerprint density at radius 3 is 2.94 bits per heavy atom. The third-order valence-electron chi connectivity index (χ3n) is 2.06. The van der Waals surface area contributed by atoms with Crippen LogP contribution in [0.3, 0.4) is 0 Å². The molecule has 96 valence electrons. The molecule has 1 aromatic rings. The zero-order chi connectivity index (χ0) is 12.8. The second kappa shape index (κ2) is 6.51. The Bertz CT molecular complexity index is 371. The average molecular weight is 264 g/mol. The van der Waals surface area contributed by atoms with Crippen molar-refractivity contribution in [1.82, 2.24) is 5.32 Å². The van der Waals surface area contributed by atoms with Crippen molar-refractivity contribution >= 4 is 17.2 Å². The topological polar surface area (TPSA) is 64.3 Å². The predicted octanol–water partition coefficient (Wildman–Crippen LogP) is 1.67. The number of halogens is 2. The van der Waals surface area contributed by atoms with Gasteiger partial charge in [-0.3, -0.25) is 4.79 Å². The normalized spacial score (nSPS) is 12.5. The molecule has 1 amide bonds. The van der Waals surface area contributed by atoms with E-state index in [9.17, 15) is 13.6 Å². The second-order valence-electron chi connectivity index (χ2n) is 3.54. The van der Waals surface area contributed by atoms with Crippen LogP contribution in [0, 0.1) is 5.92 Å². The molecule has 1 aromatic heterocycles. The molecule has 0 aliphatic heterocycles. The number of hydrogen-bond donors (Lipinski definition) is 2. The van der Waals surface area contributed by atoms with E-state index < -0.39 is 12.5 Å². The zero-order valence-corrected chi connectivity index (χ0v) is 10.1. The predicted molar refractivity (Wildman–Crippen MR) is 61.5 cm³/mol. The highest BCUT2D eigenvalue weighted by Gasteiger charge is 2.17. The van der Waals surface area contributed by atoms with Crippen LogP contribution in [0.1, 0.15) is 16.6 Å². The lowest BCUT2D eigenvalue weighted by Gasteiger charge is -2.10. The van der Waals surface area contributed by atoms with Crippen LogP contribution in [0.4, 0.5) is 8.78 Å². The van der Waals surface area contributed by atoms with Crippen LogP contribution in [0.2, 0.25) is 0 Å². The van der Waals surface area contributed by atoms with Crippen LogP contribution in [0.5, 0.6) is 5.75 Å². The minimum atomic E-state index is -2.93. The van der Waals surface area contributed by atoms with Gasteiger partial charge in [0, 0.05) is 6.54 Å². The van der Waals surface area contributed by atoms with Gasteiger partial charge in [0.05, 0.1) is 0 Å². The summed E-state index contributed by atoms with van der Waals surface area (Å²) < 4.78 is 28.3. The summed E-state index contributed by atoms with van der Waals surface area (Å²) in [4.78, 5) is 11.8. The Kier molecular flexibility index (Phi) is 5.30. The van der Waals surface area contributed by atoms with Gasteiger partial charge in [0.2, 0.25) is 0 Å². The van der Waals surface area contributed by atoms with E-state index in [-0.39, 0.29) is 16.5 Å². The molecule has 7 heteroatoms. The standard InChI is InChI=1S/C10H14F2N2O2S/c1-6(4-13)5-14-9(15)8-7(2-3-17-8)16-10(11)12/h2-3,6,10H,4-5,13H2,1H3,(H,14,15). The van der Waals surface area contributed by atoms with Crippen molar-refractivity contribution in [3.8, 4) is 5.75 Å². The Balaban J connectivity index is 2.59. The number of alkyl halides is 2. The van der Waals surface area contributed by atoms with Gasteiger partial charge in [-0.15, -0.1) is 11.3 Å². The number of carbonyl (C=O) groups is 1. The van der Waals surface area contributed by atoms with Gasteiger partial charge in [0.15, 0.2) is 0 Å². The Morgan fingerprint density at radius 1 is 1.65 bits per heavy atom. The number of rotatable bonds is 6. The highest BCUT2D eigenvalue weighted by Crippen LogP contribution is 2.26. The first kappa shape index (κ1) is 13.9. The summed E-state index contributed by atoms with van der Waals surface area (Å²) in [5.74, 6) is -0.378. The third kappa shape index (κ3) is 4.27. The maximum atomic E-state index is 12.0. The molecule has 4 nitrogen and oxygen atoms in total. The quantitative estimate of drug-likeness (QED) is 0.821. The molecule has 0 fully saturated rings. The molecule has 0 bridgehead atoms. The van der Waals surface area contributed by atoms with Crippen LogP contribution < -0.4 is 15.8 Å². The Morgan fingerprint density at radius 2 is 2.35 bits per heavy atom. The van der Waals surface area contributed by atoms with Crippen LogP contribution in [-0.2, 0) is 0 Å². The van der Waals surface area contributed by atoms with E-state index >= 15 is 0 Å². The van der Waals surface area contributed by atoms with E-state index in [1.54, 1.807) is 0 Å². The van der Waals surface area contributed by atoms with E-state index in [4.69, 9.17) is 5.73 Å². The lowest BCUT2D eigenvalue weighted by molar-refractivity contribution is -0.0498. The molecule has 0 saturated heterocycles. The molecule has 1 rings (SSSR count). The molecule has 17 heavy (non-hydrogen) atoms. The van der Waals surface area contributed by atoms with Gasteiger partial charge in [-0.25, -0.2) is 0 Å². The fourth-order valence-electron chi connectivity index (χ4n) is 1.08. The monoisotopic (exact) mass is 264 g/mol. The molecule has 0 aliphatic carbocycles. The molecule has 0 aliphatic rings. The molecule has 1 heterocycles. The molecule has 0 saturated carbocycles. The van der Waals surface area contributed by atoms with Gasteiger partial charge in [-0.05, 0) is 23.9 Å². The fraction of sp³-hybridized carbons (Fsp3) is 0.500. The van der Waals surface area contributed by atoms with E-state index in [0.29, 0.717) is 13.1 Å². The van der Waals surface area contributed by atoms with E-state index in [1.165, 1.54) is 11.4 Å². The summed E-state index contributed by atoms with van der Waals surface area (Å²) in [6.07, 6.45) is 0. The van der Waals surface area contributed by atoms with Gasteiger partial charge >= 0.3 is 6.61 Å². The van der Waals surface area contributed by atoms with Crippen LogP contribution in [-0.4, -0.2) is 25.6 Å². The maximum absolute atomic E-state index is 12.0. The number of amides is 1. The maximum Gasteiger partial charge on any atom is 0.387 e. The lowest BCUT2D eigenvalue weighted by Crippen LogP contribution is -2.31. The minimum Gasteiger partial charge on any atom is -0.433 e. The van der Waals surface area contributed by atoms with Crippen molar-refractivity contribution in [3.05, 3.63) is 16.3 Å². The number of ether oxygens (including phenoxy) is 1. The summed E-state index contributed by atoms with van der Waals surface area (Å²) in [5, 5.41) is 4.14. The van der Waals surface area contributed by atoms with Gasteiger partial charge in [-0.1, -0.05) is 6.92 Å². The van der Waals surface area contributed by atoms with Crippen LogP contribution >= 0.6 is 11.3 Å². The van der Waals surface area contributed by atoms with Crippen LogP contribution in [0.15, 0.2) is 11.4 Å². The Labute approximate surface area is 102 Å². The smallest absolute Gasteiger partial charge is 0.387 e. The van der Waals surface area contributed by atoms with Crippen molar-refractivity contribution in [3.63, 3.8) is 0 Å². The van der Waals surface area contributed by atoms with E-state index in [0.717, 1.165) is 11.3 Å². The molecular formula is C10H14F2N2O2S. The molecule has 0 aromatic carbocycles. The average Bonchev–Trinajstić information content (AvgIpc) is 2.72. The summed E-state index contributed by atoms with van der Waals surface area (Å²) in [6, 6.07) is 1.35. The van der Waals surface area contributed by atoms with Crippen molar-refractivity contribution < 1.29 is 18.3 Å². The second-order valence-corrected chi connectivity index (χ2v) is 4.46. The lowest BCUT2D eigenvalue weighted by atomic mass is 10.2. The summed E-state index contributed by atoms with van der Waals surface area (Å²) in [6.45, 7) is -0.198. The third-order valence-corrected chi connectivity index (χ3v) is 2.96. The van der Waals surface area contributed by atoms with Crippen molar-refractivity contribution in [1.29, 1.82) is 0 Å². The Hall–Kier alpha value is -1.21. The first-order valence-electron chi connectivity index (χ1n) is 5.05. The summed E-state index contributed by atoms with van der Waals surface area (Å²) in [7, 11) is 0. The number of thiophene rings is 1. The van der Waals surface area contributed by atoms with Gasteiger partial charge in [0.1, 0.15) is 10.6 Å². The molecule has 0 spiro atoms. The van der Waals surface area contributed by atoms with Crippen LogP contribution in [0.25, 0.3) is 0 Å². The van der Waals surface area contributed by atoms with Gasteiger partial charge in [0.25, 0.3) is 5.91 Å². The number of nitrogens with one attached hydrogen (secondary N) is 1. The number of carbonyl (C=O) groups excluding carboxylic acids is 1. The van der Waals surface area contributed by atoms with E-state index in [2.05, 4.69) is 10.1 Å². The van der Waals surface area contributed by atoms with Crippen molar-refractivity contribution in [2.75, 3.05) is 13.1 Å². The fourth-order valence-corrected chi connectivity index (χ4v) is 1.82. The highest BCUT2D eigenvalue weighted by atomic mass is 32.1. The molecule has 1 unspecified atom stereocenters. The SMILES string of the molecule is CC(CN)CNC(=O)c1sccc1OC(F)F. The van der Waals surface area contributed by atoms with E-state index in [1.807, 2.05) is 6.92 Å². The molecule has 3 N–H and O–H groups in total. The minimum absolute atomic E-state index is 0.0945. The van der Waals surface area contributed by atoms with Crippen molar-refractivity contribution in [2.24, 2.45) is 11.7 Å². The molecular weight excluding hydrogens is 250 g/mol.